The van der Waals surface area contributed by atoms with Gasteiger partial charge in [-0.3, -0.25) is 4.79 Å². The lowest BCUT2D eigenvalue weighted by Gasteiger charge is -2.15. The molecule has 0 saturated heterocycles. The van der Waals surface area contributed by atoms with Crippen molar-refractivity contribution in [2.75, 3.05) is 5.32 Å². The van der Waals surface area contributed by atoms with Crippen LogP contribution in [0.2, 0.25) is 0 Å². The Morgan fingerprint density at radius 3 is 2.39 bits per heavy atom. The maximum absolute atomic E-state index is 12.0. The normalized spacial score (nSPS) is 22.7. The van der Waals surface area contributed by atoms with Crippen LogP contribution in [0.1, 0.15) is 36.5 Å². The van der Waals surface area contributed by atoms with Gasteiger partial charge in [-0.05, 0) is 43.0 Å². The molecule has 1 aliphatic carbocycles. The Morgan fingerprint density at radius 1 is 1.22 bits per heavy atom. The number of amides is 1. The van der Waals surface area contributed by atoms with Crippen molar-refractivity contribution in [3.63, 3.8) is 0 Å². The Kier molecular flexibility index (Phi) is 3.65. The number of carbonyl (C=O) groups excluding carboxylic acids is 1. The van der Waals surface area contributed by atoms with Gasteiger partial charge in [-0.1, -0.05) is 13.3 Å². The summed E-state index contributed by atoms with van der Waals surface area (Å²) in [5.41, 5.74) is 0.881. The molecule has 1 aromatic carbocycles. The maximum Gasteiger partial charge on any atom is 0.335 e. The predicted molar refractivity (Wildman–Crippen MR) is 68.5 cm³/mol. The molecule has 96 valence electrons. The number of aromatic carboxylic acids is 1. The second-order valence-electron chi connectivity index (χ2n) is 4.89. The van der Waals surface area contributed by atoms with E-state index in [9.17, 15) is 9.59 Å². The van der Waals surface area contributed by atoms with Crippen molar-refractivity contribution in [1.82, 2.24) is 0 Å². The van der Waals surface area contributed by atoms with Crippen molar-refractivity contribution < 1.29 is 14.7 Å². The molecule has 2 atom stereocenters. The van der Waals surface area contributed by atoms with E-state index in [0.29, 0.717) is 11.6 Å². The summed E-state index contributed by atoms with van der Waals surface area (Å²) in [5.74, 6) is -0.396. The van der Waals surface area contributed by atoms with Gasteiger partial charge in [0.15, 0.2) is 0 Å². The van der Waals surface area contributed by atoms with Gasteiger partial charge in [-0.25, -0.2) is 4.79 Å². The standard InChI is InChI=1S/C14H17NO3/c1-9-3-2-4-12(9)13(16)15-11-7-5-10(6-8-11)14(17)18/h5-9,12H,2-4H2,1H3,(H,15,16)(H,17,18). The fourth-order valence-electron chi connectivity index (χ4n) is 2.47. The molecule has 1 fully saturated rings. The second kappa shape index (κ2) is 5.21. The van der Waals surface area contributed by atoms with Crippen LogP contribution in [0.3, 0.4) is 0 Å². The number of nitrogens with one attached hydrogen (secondary N) is 1. The van der Waals surface area contributed by atoms with Crippen molar-refractivity contribution in [2.24, 2.45) is 11.8 Å². The van der Waals surface area contributed by atoms with E-state index in [1.807, 2.05) is 0 Å². The summed E-state index contributed by atoms with van der Waals surface area (Å²) in [4.78, 5) is 22.7. The molecular formula is C14H17NO3. The van der Waals surface area contributed by atoms with Crippen molar-refractivity contribution in [1.29, 1.82) is 0 Å². The highest BCUT2D eigenvalue weighted by Gasteiger charge is 2.29. The van der Waals surface area contributed by atoms with Gasteiger partial charge in [0.1, 0.15) is 0 Å². The molecule has 0 aliphatic heterocycles. The van der Waals surface area contributed by atoms with Crippen molar-refractivity contribution in [2.45, 2.75) is 26.2 Å². The zero-order chi connectivity index (χ0) is 13.1. The Labute approximate surface area is 106 Å². The lowest BCUT2D eigenvalue weighted by atomic mass is 9.97. The summed E-state index contributed by atoms with van der Waals surface area (Å²) in [7, 11) is 0. The molecule has 2 unspecified atom stereocenters. The number of benzene rings is 1. The van der Waals surface area contributed by atoms with Crippen LogP contribution >= 0.6 is 0 Å². The van der Waals surface area contributed by atoms with E-state index in [-0.39, 0.29) is 17.4 Å². The highest BCUT2D eigenvalue weighted by atomic mass is 16.4. The molecule has 0 radical (unpaired) electrons. The molecule has 0 bridgehead atoms. The first-order valence-electron chi connectivity index (χ1n) is 6.22. The van der Waals surface area contributed by atoms with Crippen LogP contribution in [-0.4, -0.2) is 17.0 Å². The molecule has 1 saturated carbocycles. The van der Waals surface area contributed by atoms with Crippen molar-refractivity contribution in [3.05, 3.63) is 29.8 Å². The molecule has 2 rings (SSSR count). The molecule has 4 heteroatoms. The van der Waals surface area contributed by atoms with Crippen LogP contribution in [0.25, 0.3) is 0 Å². The highest BCUT2D eigenvalue weighted by Crippen LogP contribution is 2.32. The van der Waals surface area contributed by atoms with E-state index in [4.69, 9.17) is 5.11 Å². The third kappa shape index (κ3) is 2.70. The molecule has 18 heavy (non-hydrogen) atoms. The number of carboxylic acids is 1. The molecule has 1 amide bonds. The van der Waals surface area contributed by atoms with E-state index >= 15 is 0 Å². The van der Waals surface area contributed by atoms with Gasteiger partial charge in [0, 0.05) is 11.6 Å². The van der Waals surface area contributed by atoms with E-state index in [0.717, 1.165) is 19.3 Å². The van der Waals surface area contributed by atoms with Gasteiger partial charge < -0.3 is 10.4 Å². The van der Waals surface area contributed by atoms with Gasteiger partial charge >= 0.3 is 5.97 Å². The number of hydrogen-bond donors (Lipinski definition) is 2. The third-order valence-electron chi connectivity index (χ3n) is 3.60. The van der Waals surface area contributed by atoms with Gasteiger partial charge in [0.05, 0.1) is 5.56 Å². The molecule has 0 heterocycles. The molecule has 4 nitrogen and oxygen atoms in total. The lowest BCUT2D eigenvalue weighted by Crippen LogP contribution is -2.24. The number of hydrogen-bond acceptors (Lipinski definition) is 2. The Hall–Kier alpha value is -1.84. The van der Waals surface area contributed by atoms with Crippen LogP contribution < -0.4 is 5.32 Å². The average Bonchev–Trinajstić information content (AvgIpc) is 2.76. The smallest absolute Gasteiger partial charge is 0.335 e. The first-order chi connectivity index (χ1) is 8.58. The molecule has 0 aromatic heterocycles. The van der Waals surface area contributed by atoms with E-state index < -0.39 is 5.97 Å². The predicted octanol–water partition coefficient (Wildman–Crippen LogP) is 2.76. The van der Waals surface area contributed by atoms with Crippen LogP contribution in [-0.2, 0) is 4.79 Å². The zero-order valence-electron chi connectivity index (χ0n) is 10.3. The first kappa shape index (κ1) is 12.6. The summed E-state index contributed by atoms with van der Waals surface area (Å²) < 4.78 is 0. The van der Waals surface area contributed by atoms with Gasteiger partial charge in [0.25, 0.3) is 0 Å². The summed E-state index contributed by atoms with van der Waals surface area (Å²) >= 11 is 0. The fourth-order valence-corrected chi connectivity index (χ4v) is 2.47. The van der Waals surface area contributed by atoms with E-state index in [2.05, 4.69) is 12.2 Å². The van der Waals surface area contributed by atoms with Gasteiger partial charge in [0.2, 0.25) is 5.91 Å². The Balaban J connectivity index is 2.00. The molecule has 1 aromatic rings. The maximum atomic E-state index is 12.0. The highest BCUT2D eigenvalue weighted by molar-refractivity contribution is 5.94. The summed E-state index contributed by atoms with van der Waals surface area (Å²) in [6.45, 7) is 2.10. The lowest BCUT2D eigenvalue weighted by molar-refractivity contribution is -0.120. The monoisotopic (exact) mass is 247 g/mol. The summed E-state index contributed by atoms with van der Waals surface area (Å²) in [6.07, 6.45) is 3.16. The van der Waals surface area contributed by atoms with Gasteiger partial charge in [-0.2, -0.15) is 0 Å². The van der Waals surface area contributed by atoms with Gasteiger partial charge in [-0.15, -0.1) is 0 Å². The number of rotatable bonds is 3. The molecular weight excluding hydrogens is 230 g/mol. The minimum atomic E-state index is -0.961. The summed E-state index contributed by atoms with van der Waals surface area (Å²) in [6, 6.07) is 6.24. The third-order valence-corrected chi connectivity index (χ3v) is 3.60. The Morgan fingerprint density at radius 2 is 1.89 bits per heavy atom. The second-order valence-corrected chi connectivity index (χ2v) is 4.89. The summed E-state index contributed by atoms with van der Waals surface area (Å²) in [5, 5.41) is 11.6. The largest absolute Gasteiger partial charge is 0.478 e. The van der Waals surface area contributed by atoms with Crippen LogP contribution in [0.4, 0.5) is 5.69 Å². The van der Waals surface area contributed by atoms with Crippen molar-refractivity contribution >= 4 is 17.6 Å². The fraction of sp³-hybridized carbons (Fsp3) is 0.429. The minimum Gasteiger partial charge on any atom is -0.478 e. The minimum absolute atomic E-state index is 0.0445. The van der Waals surface area contributed by atoms with E-state index in [1.54, 1.807) is 12.1 Å². The molecule has 0 spiro atoms. The van der Waals surface area contributed by atoms with Crippen LogP contribution in [0, 0.1) is 11.8 Å². The number of anilines is 1. The molecule has 1 aliphatic rings. The zero-order valence-corrected chi connectivity index (χ0v) is 10.3. The van der Waals surface area contributed by atoms with E-state index in [1.165, 1.54) is 12.1 Å². The first-order valence-corrected chi connectivity index (χ1v) is 6.22. The number of carboxylic acid groups (broad SMARTS) is 1. The van der Waals surface area contributed by atoms with Crippen LogP contribution in [0.15, 0.2) is 24.3 Å². The van der Waals surface area contributed by atoms with Crippen molar-refractivity contribution in [3.8, 4) is 0 Å². The molecule has 2 N–H and O–H groups in total. The SMILES string of the molecule is CC1CCCC1C(=O)Nc1ccc(C(=O)O)cc1. The number of carbonyl (C=O) groups is 2. The topological polar surface area (TPSA) is 66.4 Å². The average molecular weight is 247 g/mol. The Bertz CT molecular complexity index is 453. The quantitative estimate of drug-likeness (QED) is 0.863. The van der Waals surface area contributed by atoms with Crippen LogP contribution in [0.5, 0.6) is 0 Å².